The number of nitrogens with zero attached hydrogens (tertiary/aromatic N) is 1. The molecule has 0 saturated heterocycles. The highest BCUT2D eigenvalue weighted by Gasteiger charge is 2.16. The van der Waals surface area contributed by atoms with E-state index in [-0.39, 0.29) is 18.3 Å². The van der Waals surface area contributed by atoms with Crippen molar-refractivity contribution in [2.24, 2.45) is 0 Å². The lowest BCUT2D eigenvalue weighted by molar-refractivity contribution is 0.0796. The van der Waals surface area contributed by atoms with Crippen LogP contribution in [0.1, 0.15) is 15.9 Å². The molecule has 0 aliphatic heterocycles. The molecule has 0 heterocycles. The van der Waals surface area contributed by atoms with E-state index in [2.05, 4.69) is 5.32 Å². The predicted molar refractivity (Wildman–Crippen MR) is 82.4 cm³/mol. The van der Waals surface area contributed by atoms with Gasteiger partial charge in [0.15, 0.2) is 0 Å². The Bertz CT molecular complexity index is 427. The molecule has 114 valence electrons. The van der Waals surface area contributed by atoms with Gasteiger partial charge in [0, 0.05) is 31.3 Å². The van der Waals surface area contributed by atoms with Gasteiger partial charge in [-0.05, 0) is 26.1 Å². The van der Waals surface area contributed by atoms with Crippen molar-refractivity contribution in [2.75, 3.05) is 41.4 Å². The number of rotatable bonds is 6. The van der Waals surface area contributed by atoms with Gasteiger partial charge >= 0.3 is 0 Å². The Morgan fingerprint density at radius 3 is 2.15 bits per heavy atom. The lowest BCUT2D eigenvalue weighted by atomic mass is 10.1. The summed E-state index contributed by atoms with van der Waals surface area (Å²) in [6.07, 6.45) is 0. The molecule has 0 bridgehead atoms. The maximum Gasteiger partial charge on any atom is 0.253 e. The Hall–Kier alpha value is -1.46. The van der Waals surface area contributed by atoms with Crippen molar-refractivity contribution in [1.29, 1.82) is 0 Å². The first-order chi connectivity index (χ1) is 9.04. The topological polar surface area (TPSA) is 50.8 Å². The average Bonchev–Trinajstić information content (AvgIpc) is 2.44. The van der Waals surface area contributed by atoms with Crippen LogP contribution in [0.5, 0.6) is 11.5 Å². The molecule has 1 amide bonds. The van der Waals surface area contributed by atoms with Gasteiger partial charge in [-0.1, -0.05) is 0 Å². The van der Waals surface area contributed by atoms with Crippen molar-refractivity contribution in [3.63, 3.8) is 0 Å². The van der Waals surface area contributed by atoms with E-state index in [4.69, 9.17) is 9.47 Å². The number of amides is 1. The van der Waals surface area contributed by atoms with E-state index < -0.39 is 0 Å². The number of halogens is 1. The zero-order valence-corrected chi connectivity index (χ0v) is 13.5. The molecular formula is C14H23ClN2O3. The molecule has 20 heavy (non-hydrogen) atoms. The largest absolute Gasteiger partial charge is 0.496 e. The van der Waals surface area contributed by atoms with Crippen LogP contribution >= 0.6 is 12.4 Å². The fourth-order valence-corrected chi connectivity index (χ4v) is 1.81. The van der Waals surface area contributed by atoms with Crippen molar-refractivity contribution in [3.8, 4) is 11.5 Å². The van der Waals surface area contributed by atoms with E-state index >= 15 is 0 Å². The predicted octanol–water partition coefficient (Wildman–Crippen LogP) is 1.73. The van der Waals surface area contributed by atoms with E-state index in [9.17, 15) is 4.79 Å². The Kier molecular flexibility index (Phi) is 8.03. The van der Waals surface area contributed by atoms with Crippen molar-refractivity contribution < 1.29 is 14.3 Å². The Morgan fingerprint density at radius 1 is 1.25 bits per heavy atom. The fourth-order valence-electron chi connectivity index (χ4n) is 1.81. The lowest BCUT2D eigenvalue weighted by Crippen LogP contribution is -2.32. The van der Waals surface area contributed by atoms with E-state index in [1.54, 1.807) is 38.3 Å². The second-order valence-electron chi connectivity index (χ2n) is 4.34. The highest BCUT2D eigenvalue weighted by Crippen LogP contribution is 2.29. The number of carbonyl (C=O) groups is 1. The van der Waals surface area contributed by atoms with Gasteiger partial charge in [0.05, 0.1) is 14.2 Å². The van der Waals surface area contributed by atoms with Crippen molar-refractivity contribution >= 4 is 18.3 Å². The van der Waals surface area contributed by atoms with Crippen LogP contribution in [-0.2, 0) is 0 Å². The Balaban J connectivity index is 0.00000361. The summed E-state index contributed by atoms with van der Waals surface area (Å²) in [7, 11) is 6.80. The van der Waals surface area contributed by atoms with Gasteiger partial charge < -0.3 is 19.7 Å². The van der Waals surface area contributed by atoms with E-state index in [1.165, 1.54) is 0 Å². The molecule has 0 saturated carbocycles. The molecule has 6 heteroatoms. The van der Waals surface area contributed by atoms with Crippen molar-refractivity contribution in [1.82, 2.24) is 10.2 Å². The van der Waals surface area contributed by atoms with Gasteiger partial charge in [0.1, 0.15) is 11.5 Å². The second-order valence-corrected chi connectivity index (χ2v) is 4.34. The molecule has 0 fully saturated rings. The van der Waals surface area contributed by atoms with E-state index in [0.29, 0.717) is 23.6 Å². The first-order valence-electron chi connectivity index (χ1n) is 6.17. The number of carbonyl (C=O) groups excluding carboxylic acids is 1. The SMILES string of the molecule is CNCCN(C)C(=O)c1cc(OC)c(C)c(OC)c1.Cl. The van der Waals surface area contributed by atoms with Gasteiger partial charge in [-0.3, -0.25) is 4.79 Å². The highest BCUT2D eigenvalue weighted by atomic mass is 35.5. The third-order valence-corrected chi connectivity index (χ3v) is 3.04. The standard InChI is InChI=1S/C14H22N2O3.ClH/c1-10-12(18-4)8-11(9-13(10)19-5)14(17)16(3)7-6-15-2;/h8-9,15H,6-7H2,1-5H3;1H. The molecule has 0 aromatic heterocycles. The monoisotopic (exact) mass is 302 g/mol. The van der Waals surface area contributed by atoms with Crippen LogP contribution in [0.25, 0.3) is 0 Å². The quantitative estimate of drug-likeness (QED) is 0.869. The summed E-state index contributed by atoms with van der Waals surface area (Å²) in [5.74, 6) is 1.27. The lowest BCUT2D eigenvalue weighted by Gasteiger charge is -2.18. The number of ether oxygens (including phenoxy) is 2. The van der Waals surface area contributed by atoms with Crippen molar-refractivity contribution in [3.05, 3.63) is 23.3 Å². The van der Waals surface area contributed by atoms with Gasteiger partial charge in [-0.15, -0.1) is 12.4 Å². The minimum Gasteiger partial charge on any atom is -0.496 e. The normalized spacial score (nSPS) is 9.65. The van der Waals surface area contributed by atoms with Crippen molar-refractivity contribution in [2.45, 2.75) is 6.92 Å². The Morgan fingerprint density at radius 2 is 1.75 bits per heavy atom. The first kappa shape index (κ1) is 18.5. The van der Waals surface area contributed by atoms with E-state index in [1.807, 2.05) is 14.0 Å². The summed E-state index contributed by atoms with van der Waals surface area (Å²) < 4.78 is 10.6. The third-order valence-electron chi connectivity index (χ3n) is 3.04. The summed E-state index contributed by atoms with van der Waals surface area (Å²) in [4.78, 5) is 14.0. The van der Waals surface area contributed by atoms with Gasteiger partial charge in [-0.25, -0.2) is 0 Å². The fraction of sp³-hybridized carbons (Fsp3) is 0.500. The number of nitrogens with one attached hydrogen (secondary N) is 1. The summed E-state index contributed by atoms with van der Waals surface area (Å²) in [5, 5.41) is 3.02. The molecule has 0 aliphatic rings. The molecule has 5 nitrogen and oxygen atoms in total. The smallest absolute Gasteiger partial charge is 0.253 e. The molecule has 0 unspecified atom stereocenters. The first-order valence-corrected chi connectivity index (χ1v) is 6.17. The number of hydrogen-bond donors (Lipinski definition) is 1. The number of hydrogen-bond acceptors (Lipinski definition) is 4. The zero-order valence-electron chi connectivity index (χ0n) is 12.6. The van der Waals surface area contributed by atoms with Gasteiger partial charge in [0.25, 0.3) is 5.91 Å². The van der Waals surface area contributed by atoms with Crippen LogP contribution in [0.3, 0.4) is 0 Å². The third kappa shape index (κ3) is 4.28. The molecule has 0 aliphatic carbocycles. The molecule has 1 aromatic rings. The van der Waals surface area contributed by atoms with Crippen LogP contribution < -0.4 is 14.8 Å². The van der Waals surface area contributed by atoms with Gasteiger partial charge in [-0.2, -0.15) is 0 Å². The maximum absolute atomic E-state index is 12.3. The van der Waals surface area contributed by atoms with Crippen LogP contribution in [0.15, 0.2) is 12.1 Å². The molecule has 1 aromatic carbocycles. The van der Waals surface area contributed by atoms with Crippen LogP contribution in [0, 0.1) is 6.92 Å². The second kappa shape index (κ2) is 8.66. The minimum atomic E-state index is -0.0492. The highest BCUT2D eigenvalue weighted by molar-refractivity contribution is 5.95. The maximum atomic E-state index is 12.3. The summed E-state index contributed by atoms with van der Waals surface area (Å²) >= 11 is 0. The van der Waals surface area contributed by atoms with Crippen LogP contribution in [-0.4, -0.2) is 52.2 Å². The number of likely N-dealkylation sites (N-methyl/N-ethyl adjacent to an activating group) is 2. The van der Waals surface area contributed by atoms with Crippen LogP contribution in [0.2, 0.25) is 0 Å². The molecular weight excluding hydrogens is 280 g/mol. The van der Waals surface area contributed by atoms with Gasteiger partial charge in [0.2, 0.25) is 0 Å². The summed E-state index contributed by atoms with van der Waals surface area (Å²) in [5.41, 5.74) is 1.46. The molecule has 1 rings (SSSR count). The minimum absolute atomic E-state index is 0. The molecule has 0 radical (unpaired) electrons. The summed E-state index contributed by atoms with van der Waals surface area (Å²) in [6.45, 7) is 3.30. The summed E-state index contributed by atoms with van der Waals surface area (Å²) in [6, 6.07) is 3.49. The molecule has 0 atom stereocenters. The van der Waals surface area contributed by atoms with E-state index in [0.717, 1.165) is 12.1 Å². The van der Waals surface area contributed by atoms with Crippen LogP contribution in [0.4, 0.5) is 0 Å². The zero-order chi connectivity index (χ0) is 14.4. The molecule has 0 spiro atoms. The number of benzene rings is 1. The number of methoxy groups -OCH3 is 2. The Labute approximate surface area is 126 Å². The molecule has 1 N–H and O–H groups in total. The average molecular weight is 303 g/mol.